The van der Waals surface area contributed by atoms with E-state index in [4.69, 9.17) is 5.73 Å². The lowest BCUT2D eigenvalue weighted by molar-refractivity contribution is -0.119. The molecule has 2 unspecified atom stereocenters. The van der Waals surface area contributed by atoms with Crippen LogP contribution in [0, 0.1) is 0 Å². The van der Waals surface area contributed by atoms with Crippen LogP contribution in [0.4, 0.5) is 4.79 Å². The Balaban J connectivity index is 2.67. The van der Waals surface area contributed by atoms with Crippen molar-refractivity contribution in [2.75, 3.05) is 6.54 Å². The summed E-state index contributed by atoms with van der Waals surface area (Å²) in [6.45, 7) is 6.96. The lowest BCUT2D eigenvalue weighted by Gasteiger charge is -2.15. The molecule has 1 aromatic rings. The van der Waals surface area contributed by atoms with Crippen molar-refractivity contribution in [1.82, 2.24) is 10.6 Å². The molecule has 0 aliphatic heterocycles. The summed E-state index contributed by atoms with van der Waals surface area (Å²) < 4.78 is 0. The Morgan fingerprint density at radius 3 is 2.67 bits per heavy atom. The van der Waals surface area contributed by atoms with Crippen LogP contribution in [0.25, 0.3) is 0 Å². The number of rotatable bonds is 7. The molecule has 5 nitrogen and oxygen atoms in total. The van der Waals surface area contributed by atoms with Crippen LogP contribution in [0.15, 0.2) is 29.2 Å². The number of imide groups is 1. The second-order valence-electron chi connectivity index (χ2n) is 4.86. The Kier molecular flexibility index (Phi) is 7.25. The lowest BCUT2D eigenvalue weighted by atomic mass is 10.1. The molecule has 0 fully saturated rings. The quantitative estimate of drug-likeness (QED) is 0.675. The molecule has 0 aliphatic carbocycles. The summed E-state index contributed by atoms with van der Waals surface area (Å²) >= 11 is 1.40. The van der Waals surface area contributed by atoms with Gasteiger partial charge in [-0.25, -0.2) is 4.79 Å². The topological polar surface area (TPSA) is 84.2 Å². The number of primary amides is 1. The van der Waals surface area contributed by atoms with Crippen molar-refractivity contribution in [3.8, 4) is 0 Å². The summed E-state index contributed by atoms with van der Waals surface area (Å²) in [5.41, 5.74) is 6.12. The number of amides is 3. The van der Waals surface area contributed by atoms with Crippen molar-refractivity contribution >= 4 is 23.7 Å². The van der Waals surface area contributed by atoms with Gasteiger partial charge in [-0.05, 0) is 44.5 Å². The third-order valence-corrected chi connectivity index (χ3v) is 4.08. The monoisotopic (exact) mass is 309 g/mol. The number of nitrogens with two attached hydrogens (primary N) is 1. The molecule has 0 spiro atoms. The fourth-order valence-electron chi connectivity index (χ4n) is 1.82. The predicted octanol–water partition coefficient (Wildman–Crippen LogP) is 2.42. The minimum Gasteiger partial charge on any atom is -0.351 e. The van der Waals surface area contributed by atoms with Crippen molar-refractivity contribution in [3.05, 3.63) is 29.8 Å². The third kappa shape index (κ3) is 6.18. The van der Waals surface area contributed by atoms with Gasteiger partial charge in [0.05, 0.1) is 5.25 Å². The minimum atomic E-state index is -0.821. The maximum atomic E-state index is 11.7. The molecule has 6 heteroatoms. The molecule has 1 rings (SSSR count). The van der Waals surface area contributed by atoms with Gasteiger partial charge in [-0.1, -0.05) is 19.1 Å². The molecule has 0 saturated heterocycles. The zero-order valence-electron chi connectivity index (χ0n) is 12.7. The Bertz CT molecular complexity index is 494. The van der Waals surface area contributed by atoms with E-state index in [1.807, 2.05) is 12.1 Å². The van der Waals surface area contributed by atoms with Gasteiger partial charge < -0.3 is 11.1 Å². The van der Waals surface area contributed by atoms with Crippen LogP contribution in [0.3, 0.4) is 0 Å². The fraction of sp³-hybridized carbons (Fsp3) is 0.467. The van der Waals surface area contributed by atoms with Gasteiger partial charge in [0.15, 0.2) is 0 Å². The number of nitrogens with one attached hydrogen (secondary N) is 2. The van der Waals surface area contributed by atoms with E-state index < -0.39 is 6.03 Å². The first-order chi connectivity index (χ1) is 9.93. The van der Waals surface area contributed by atoms with Gasteiger partial charge >= 0.3 is 6.03 Å². The molecule has 0 bridgehead atoms. The van der Waals surface area contributed by atoms with Crippen molar-refractivity contribution in [3.63, 3.8) is 0 Å². The fourth-order valence-corrected chi connectivity index (χ4v) is 2.75. The summed E-state index contributed by atoms with van der Waals surface area (Å²) in [6, 6.07) is 7.49. The maximum absolute atomic E-state index is 11.7. The van der Waals surface area contributed by atoms with Crippen molar-refractivity contribution in [1.29, 1.82) is 0 Å². The molecule has 0 radical (unpaired) electrons. The maximum Gasteiger partial charge on any atom is 0.318 e. The van der Waals surface area contributed by atoms with E-state index in [9.17, 15) is 9.59 Å². The predicted molar refractivity (Wildman–Crippen MR) is 86.2 cm³/mol. The Morgan fingerprint density at radius 2 is 2.05 bits per heavy atom. The summed E-state index contributed by atoms with van der Waals surface area (Å²) in [5, 5.41) is 5.14. The number of carbonyl (C=O) groups excluding carboxylic acids is 2. The van der Waals surface area contributed by atoms with Crippen molar-refractivity contribution in [2.24, 2.45) is 5.73 Å². The van der Waals surface area contributed by atoms with Crippen LogP contribution >= 0.6 is 11.8 Å². The zero-order chi connectivity index (χ0) is 15.8. The molecule has 0 saturated carbocycles. The van der Waals surface area contributed by atoms with Crippen molar-refractivity contribution < 1.29 is 9.59 Å². The van der Waals surface area contributed by atoms with E-state index in [0.29, 0.717) is 0 Å². The first-order valence-electron chi connectivity index (χ1n) is 7.04. The highest BCUT2D eigenvalue weighted by atomic mass is 32.2. The second kappa shape index (κ2) is 8.69. The first kappa shape index (κ1) is 17.5. The van der Waals surface area contributed by atoms with Crippen LogP contribution in [0.5, 0.6) is 0 Å². The van der Waals surface area contributed by atoms with Gasteiger partial charge in [-0.2, -0.15) is 0 Å². The van der Waals surface area contributed by atoms with Gasteiger partial charge in [-0.3, -0.25) is 10.1 Å². The normalized spacial score (nSPS) is 13.5. The number of carbonyl (C=O) groups is 2. The molecule has 1 aromatic carbocycles. The van der Waals surface area contributed by atoms with E-state index in [0.717, 1.165) is 17.9 Å². The van der Waals surface area contributed by atoms with E-state index in [2.05, 4.69) is 36.6 Å². The Labute approximate surface area is 130 Å². The van der Waals surface area contributed by atoms with Crippen LogP contribution in [0.1, 0.15) is 38.8 Å². The Hall–Kier alpha value is -1.53. The number of hydrogen-bond donors (Lipinski definition) is 3. The number of urea groups is 1. The highest BCUT2D eigenvalue weighted by Crippen LogP contribution is 2.26. The zero-order valence-corrected chi connectivity index (χ0v) is 13.5. The average molecular weight is 309 g/mol. The average Bonchev–Trinajstić information content (AvgIpc) is 2.44. The van der Waals surface area contributed by atoms with Gasteiger partial charge in [0.1, 0.15) is 0 Å². The third-order valence-electron chi connectivity index (χ3n) is 2.99. The van der Waals surface area contributed by atoms with Crippen LogP contribution in [-0.2, 0) is 4.79 Å². The van der Waals surface area contributed by atoms with Crippen LogP contribution in [-0.4, -0.2) is 23.7 Å². The van der Waals surface area contributed by atoms with Gasteiger partial charge in [0.25, 0.3) is 0 Å². The molecule has 116 valence electrons. The van der Waals surface area contributed by atoms with Gasteiger partial charge in [0, 0.05) is 10.9 Å². The number of thioether (sulfide) groups is 1. The van der Waals surface area contributed by atoms with E-state index in [1.165, 1.54) is 17.3 Å². The highest BCUT2D eigenvalue weighted by molar-refractivity contribution is 8.00. The first-order valence-corrected chi connectivity index (χ1v) is 7.92. The second-order valence-corrected chi connectivity index (χ2v) is 6.28. The SMILES string of the molecule is CCCNC(C)c1cccc(SC(C)C(=O)NC(N)=O)c1. The molecule has 3 amide bonds. The van der Waals surface area contributed by atoms with Gasteiger partial charge in [0.2, 0.25) is 5.91 Å². The molecule has 0 aliphatic rings. The van der Waals surface area contributed by atoms with Crippen LogP contribution in [0.2, 0.25) is 0 Å². The summed E-state index contributed by atoms with van der Waals surface area (Å²) in [7, 11) is 0. The molecule has 0 aromatic heterocycles. The summed E-state index contributed by atoms with van der Waals surface area (Å²) in [4.78, 5) is 23.3. The summed E-state index contributed by atoms with van der Waals surface area (Å²) in [5.74, 6) is -0.380. The molecule has 0 heterocycles. The van der Waals surface area contributed by atoms with Crippen molar-refractivity contribution in [2.45, 2.75) is 43.4 Å². The molecular formula is C15H23N3O2S. The van der Waals surface area contributed by atoms with Gasteiger partial charge in [-0.15, -0.1) is 11.8 Å². The molecule has 2 atom stereocenters. The highest BCUT2D eigenvalue weighted by Gasteiger charge is 2.16. The van der Waals surface area contributed by atoms with Crippen LogP contribution < -0.4 is 16.4 Å². The molecule has 21 heavy (non-hydrogen) atoms. The minimum absolute atomic E-state index is 0.264. The number of hydrogen-bond acceptors (Lipinski definition) is 4. The smallest absolute Gasteiger partial charge is 0.318 e. The lowest BCUT2D eigenvalue weighted by Crippen LogP contribution is -2.39. The summed E-state index contributed by atoms with van der Waals surface area (Å²) in [6.07, 6.45) is 1.09. The molecule has 4 N–H and O–H groups in total. The largest absolute Gasteiger partial charge is 0.351 e. The number of benzene rings is 1. The van der Waals surface area contributed by atoms with E-state index in [-0.39, 0.29) is 17.2 Å². The van der Waals surface area contributed by atoms with E-state index in [1.54, 1.807) is 6.92 Å². The standard InChI is InChI=1S/C15H23N3O2S/c1-4-8-17-10(2)12-6-5-7-13(9-12)21-11(3)14(19)18-15(16)20/h5-7,9-11,17H,4,8H2,1-3H3,(H3,16,18,19,20). The Morgan fingerprint density at radius 1 is 1.33 bits per heavy atom. The molecular weight excluding hydrogens is 286 g/mol. The van der Waals surface area contributed by atoms with E-state index >= 15 is 0 Å².